The van der Waals surface area contributed by atoms with E-state index in [0.717, 1.165) is 34.6 Å². The minimum Gasteiger partial charge on any atom is -0.300 e. The molecule has 0 aromatic rings. The van der Waals surface area contributed by atoms with E-state index in [4.69, 9.17) is 0 Å². The van der Waals surface area contributed by atoms with Gasteiger partial charge in [0.2, 0.25) is 5.41 Å². The lowest BCUT2D eigenvalue weighted by Gasteiger charge is -2.44. The van der Waals surface area contributed by atoms with Gasteiger partial charge in [-0.05, 0) is 34.6 Å². The number of hydrogen-bond acceptors (Lipinski definition) is 7. The molecule has 1 atom stereocenters. The second kappa shape index (κ2) is 5.72. The van der Waals surface area contributed by atoms with Crippen LogP contribution >= 0.6 is 0 Å². The largest absolute Gasteiger partial charge is 0.300 e. The van der Waals surface area contributed by atoms with Crippen molar-refractivity contribution in [1.82, 2.24) is 0 Å². The van der Waals surface area contributed by atoms with Gasteiger partial charge in [0.1, 0.15) is 5.78 Å². The number of carbonyl (C=O) groups excluding carboxylic acids is 7. The Kier molecular flexibility index (Phi) is 4.66. The van der Waals surface area contributed by atoms with Gasteiger partial charge in [0.05, 0.1) is 5.92 Å². The Morgan fingerprint density at radius 3 is 1.43 bits per heavy atom. The van der Waals surface area contributed by atoms with Crippen LogP contribution in [0.4, 0.5) is 0 Å². The molecule has 0 bridgehead atoms. The Morgan fingerprint density at radius 2 is 1.17 bits per heavy atom. The molecule has 1 fully saturated rings. The molecule has 0 aliphatic heterocycles. The zero-order valence-electron chi connectivity index (χ0n) is 13.6. The first-order valence-corrected chi connectivity index (χ1v) is 7.02. The van der Waals surface area contributed by atoms with E-state index in [1.165, 1.54) is 0 Å². The molecule has 0 radical (unpaired) electrons. The lowest BCUT2D eigenvalue weighted by atomic mass is 9.50. The fraction of sp³-hybridized carbons (Fsp3) is 0.562. The Morgan fingerprint density at radius 1 is 0.783 bits per heavy atom. The summed E-state index contributed by atoms with van der Waals surface area (Å²) in [7, 11) is 0. The van der Waals surface area contributed by atoms with E-state index in [2.05, 4.69) is 0 Å². The zero-order valence-corrected chi connectivity index (χ0v) is 13.6. The molecule has 1 aliphatic carbocycles. The van der Waals surface area contributed by atoms with Crippen molar-refractivity contribution in [3.8, 4) is 0 Å². The van der Waals surface area contributed by atoms with Crippen LogP contribution < -0.4 is 0 Å². The van der Waals surface area contributed by atoms with Gasteiger partial charge in [0.15, 0.2) is 40.1 Å². The third-order valence-electron chi connectivity index (χ3n) is 4.69. The summed E-state index contributed by atoms with van der Waals surface area (Å²) >= 11 is 0. The number of Topliss-reactive ketones (excluding diaryl/α,β-unsaturated/α-hetero) is 7. The summed E-state index contributed by atoms with van der Waals surface area (Å²) < 4.78 is 0. The van der Waals surface area contributed by atoms with E-state index >= 15 is 0 Å². The third-order valence-corrected chi connectivity index (χ3v) is 4.69. The third kappa shape index (κ3) is 2.14. The van der Waals surface area contributed by atoms with E-state index in [1.807, 2.05) is 0 Å². The van der Waals surface area contributed by atoms with Gasteiger partial charge in [-0.25, -0.2) is 0 Å². The molecule has 7 heteroatoms. The molecule has 0 aromatic carbocycles. The summed E-state index contributed by atoms with van der Waals surface area (Å²) in [5.74, 6) is -8.61. The minimum atomic E-state index is -2.69. The van der Waals surface area contributed by atoms with Crippen molar-refractivity contribution in [3.05, 3.63) is 0 Å². The summed E-state index contributed by atoms with van der Waals surface area (Å²) in [6.45, 7) is 4.71. The topological polar surface area (TPSA) is 119 Å². The highest BCUT2D eigenvalue weighted by Crippen LogP contribution is 2.47. The molecule has 0 amide bonds. The molecule has 0 saturated heterocycles. The van der Waals surface area contributed by atoms with Crippen molar-refractivity contribution in [2.45, 2.75) is 41.0 Å². The summed E-state index contributed by atoms with van der Waals surface area (Å²) in [6, 6.07) is 0. The first kappa shape index (κ1) is 18.7. The summed E-state index contributed by atoms with van der Waals surface area (Å²) in [4.78, 5) is 85.8. The van der Waals surface area contributed by atoms with E-state index in [9.17, 15) is 33.6 Å². The van der Waals surface area contributed by atoms with Crippen LogP contribution in [-0.2, 0) is 33.6 Å². The average molecular weight is 322 g/mol. The summed E-state index contributed by atoms with van der Waals surface area (Å²) in [5.41, 5.74) is -5.17. The maximum absolute atomic E-state index is 13.0. The summed E-state index contributed by atoms with van der Waals surface area (Å²) in [5, 5.41) is 0. The highest BCUT2D eigenvalue weighted by molar-refractivity contribution is 6.46. The molecule has 1 unspecified atom stereocenters. The molecule has 0 N–H and O–H groups in total. The fourth-order valence-electron chi connectivity index (χ4n) is 3.54. The minimum absolute atomic E-state index is 0.681. The quantitative estimate of drug-likeness (QED) is 0.656. The van der Waals surface area contributed by atoms with Crippen molar-refractivity contribution in [2.24, 2.45) is 16.7 Å². The molecular weight excluding hydrogens is 304 g/mol. The van der Waals surface area contributed by atoms with E-state index in [1.54, 1.807) is 0 Å². The molecule has 0 heterocycles. The lowest BCUT2D eigenvalue weighted by molar-refractivity contribution is -0.170. The Hall–Kier alpha value is -2.31. The van der Waals surface area contributed by atoms with Gasteiger partial charge in [0, 0.05) is 6.42 Å². The molecule has 1 rings (SSSR count). The Balaban J connectivity index is 3.93. The van der Waals surface area contributed by atoms with Crippen LogP contribution in [0.3, 0.4) is 0 Å². The van der Waals surface area contributed by atoms with Gasteiger partial charge >= 0.3 is 0 Å². The Bertz CT molecular complexity index is 640. The molecule has 1 saturated carbocycles. The van der Waals surface area contributed by atoms with Gasteiger partial charge in [-0.3, -0.25) is 33.6 Å². The highest BCUT2D eigenvalue weighted by Gasteiger charge is 2.71. The van der Waals surface area contributed by atoms with Gasteiger partial charge in [-0.15, -0.1) is 0 Å². The summed E-state index contributed by atoms with van der Waals surface area (Å²) in [6.07, 6.45) is -0.681. The molecule has 124 valence electrons. The van der Waals surface area contributed by atoms with Crippen molar-refractivity contribution >= 4 is 40.5 Å². The van der Waals surface area contributed by atoms with Gasteiger partial charge in [0.25, 0.3) is 0 Å². The van der Waals surface area contributed by atoms with Crippen LogP contribution in [0.5, 0.6) is 0 Å². The van der Waals surface area contributed by atoms with Crippen LogP contribution in [0.15, 0.2) is 0 Å². The van der Waals surface area contributed by atoms with Crippen LogP contribution in [0.1, 0.15) is 41.0 Å². The highest BCUT2D eigenvalue weighted by atomic mass is 16.2. The first-order valence-electron chi connectivity index (χ1n) is 7.02. The predicted molar refractivity (Wildman–Crippen MR) is 76.4 cm³/mol. The van der Waals surface area contributed by atoms with Gasteiger partial charge < -0.3 is 0 Å². The fourth-order valence-corrected chi connectivity index (χ4v) is 3.54. The number of ketones is 7. The number of hydrogen-bond donors (Lipinski definition) is 0. The van der Waals surface area contributed by atoms with E-state index in [0.29, 0.717) is 0 Å². The molecule has 1 aliphatic rings. The SMILES string of the molecule is CC(=O)C1CC(=O)C(C(C)=O)(C(C)=O)C(=O)C1(C(C)=O)C(C)=O. The lowest BCUT2D eigenvalue weighted by Crippen LogP contribution is -2.68. The second-order valence-corrected chi connectivity index (χ2v) is 5.90. The van der Waals surface area contributed by atoms with Gasteiger partial charge in [-0.1, -0.05) is 0 Å². The van der Waals surface area contributed by atoms with Crippen molar-refractivity contribution in [1.29, 1.82) is 0 Å². The number of carbonyl (C=O) groups is 7. The number of rotatable bonds is 5. The monoisotopic (exact) mass is 322 g/mol. The second-order valence-electron chi connectivity index (χ2n) is 5.90. The van der Waals surface area contributed by atoms with E-state index in [-0.39, 0.29) is 0 Å². The van der Waals surface area contributed by atoms with Crippen LogP contribution in [-0.4, -0.2) is 40.5 Å². The standard InChI is InChI=1S/C16H18O7/c1-7(17)12-6-13(22)16(10(4)20,11(5)21)14(23)15(12,8(2)18)9(3)19/h12H,6H2,1-5H3. The molecule has 0 aromatic heterocycles. The predicted octanol–water partition coefficient (Wildman–Crippen LogP) is 0.0623. The zero-order chi connectivity index (χ0) is 18.3. The molecule has 0 spiro atoms. The Labute approximate surface area is 132 Å². The van der Waals surface area contributed by atoms with Crippen molar-refractivity contribution < 1.29 is 33.6 Å². The van der Waals surface area contributed by atoms with Crippen molar-refractivity contribution in [3.63, 3.8) is 0 Å². The maximum Gasteiger partial charge on any atom is 0.204 e. The average Bonchev–Trinajstić information content (AvgIpc) is 2.36. The smallest absolute Gasteiger partial charge is 0.204 e. The van der Waals surface area contributed by atoms with Crippen LogP contribution in [0.25, 0.3) is 0 Å². The molecular formula is C16H18O7. The van der Waals surface area contributed by atoms with Crippen molar-refractivity contribution in [2.75, 3.05) is 0 Å². The maximum atomic E-state index is 13.0. The van der Waals surface area contributed by atoms with Crippen LogP contribution in [0.2, 0.25) is 0 Å². The van der Waals surface area contributed by atoms with E-state index < -0.39 is 63.7 Å². The van der Waals surface area contributed by atoms with Crippen LogP contribution in [0, 0.1) is 16.7 Å². The first-order chi connectivity index (χ1) is 10.4. The molecule has 7 nitrogen and oxygen atoms in total. The normalized spacial score (nSPS) is 22.4. The van der Waals surface area contributed by atoms with Gasteiger partial charge in [-0.2, -0.15) is 0 Å². The molecule has 23 heavy (non-hydrogen) atoms.